The van der Waals surface area contributed by atoms with E-state index in [0.29, 0.717) is 5.56 Å². The van der Waals surface area contributed by atoms with Crippen molar-refractivity contribution in [3.05, 3.63) is 69.7 Å². The molecule has 0 aliphatic carbocycles. The standard InChI is InChI=1S/C21H22BrN3O3/c1-13-4-8-16(9-5-13)21(3)19(27)25(20(28)24-21)12-18(26)23-14(2)15-6-10-17(22)11-7-15/h4-11,14H,12H2,1-3H3,(H,23,26)(H,24,28)/t14-,21+/m0/s1. The molecule has 3 rings (SSSR count). The van der Waals surface area contributed by atoms with Crippen LogP contribution in [0.2, 0.25) is 0 Å². The lowest BCUT2D eigenvalue weighted by Crippen LogP contribution is -2.43. The molecule has 6 nitrogen and oxygen atoms in total. The van der Waals surface area contributed by atoms with Crippen molar-refractivity contribution in [2.45, 2.75) is 32.4 Å². The number of hydrogen-bond acceptors (Lipinski definition) is 3. The maximum Gasteiger partial charge on any atom is 0.325 e. The Hall–Kier alpha value is -2.67. The fraction of sp³-hybridized carbons (Fsp3) is 0.286. The molecule has 2 aromatic rings. The zero-order valence-corrected chi connectivity index (χ0v) is 17.5. The smallest absolute Gasteiger partial charge is 0.325 e. The van der Waals surface area contributed by atoms with Gasteiger partial charge in [-0.25, -0.2) is 4.79 Å². The van der Waals surface area contributed by atoms with Gasteiger partial charge in [-0.3, -0.25) is 14.5 Å². The zero-order valence-electron chi connectivity index (χ0n) is 16.0. The van der Waals surface area contributed by atoms with Crippen LogP contribution in [0.25, 0.3) is 0 Å². The Morgan fingerprint density at radius 2 is 1.75 bits per heavy atom. The molecule has 0 saturated carbocycles. The summed E-state index contributed by atoms with van der Waals surface area (Å²) in [5, 5.41) is 5.54. The third-order valence-corrected chi connectivity index (χ3v) is 5.48. The van der Waals surface area contributed by atoms with Crippen LogP contribution in [0.4, 0.5) is 4.79 Å². The fourth-order valence-corrected chi connectivity index (χ4v) is 3.45. The maximum atomic E-state index is 12.9. The van der Waals surface area contributed by atoms with Crippen molar-refractivity contribution in [1.29, 1.82) is 0 Å². The Bertz CT molecular complexity index is 911. The summed E-state index contributed by atoms with van der Waals surface area (Å²) in [4.78, 5) is 38.7. The predicted molar refractivity (Wildman–Crippen MR) is 109 cm³/mol. The maximum absolute atomic E-state index is 12.9. The lowest BCUT2D eigenvalue weighted by atomic mass is 9.91. The van der Waals surface area contributed by atoms with E-state index >= 15 is 0 Å². The van der Waals surface area contributed by atoms with Crippen LogP contribution < -0.4 is 10.6 Å². The van der Waals surface area contributed by atoms with Gasteiger partial charge >= 0.3 is 6.03 Å². The van der Waals surface area contributed by atoms with Gasteiger partial charge in [0.25, 0.3) is 5.91 Å². The number of aryl methyl sites for hydroxylation is 1. The molecule has 0 spiro atoms. The van der Waals surface area contributed by atoms with Crippen molar-refractivity contribution >= 4 is 33.8 Å². The van der Waals surface area contributed by atoms with E-state index in [-0.39, 0.29) is 12.6 Å². The van der Waals surface area contributed by atoms with Crippen LogP contribution in [-0.4, -0.2) is 29.3 Å². The Morgan fingerprint density at radius 3 is 2.36 bits per heavy atom. The van der Waals surface area contributed by atoms with Crippen LogP contribution in [-0.2, 0) is 15.1 Å². The summed E-state index contributed by atoms with van der Waals surface area (Å²) in [6.45, 7) is 5.13. The van der Waals surface area contributed by atoms with E-state index in [1.807, 2.05) is 62.4 Å². The van der Waals surface area contributed by atoms with Crippen LogP contribution >= 0.6 is 15.9 Å². The van der Waals surface area contributed by atoms with E-state index < -0.39 is 23.4 Å². The van der Waals surface area contributed by atoms with Crippen LogP contribution in [0, 0.1) is 6.92 Å². The molecule has 2 aromatic carbocycles. The van der Waals surface area contributed by atoms with Crippen LogP contribution in [0.15, 0.2) is 53.0 Å². The van der Waals surface area contributed by atoms with Gasteiger partial charge in [-0.2, -0.15) is 0 Å². The number of hydrogen-bond donors (Lipinski definition) is 2. The highest BCUT2D eigenvalue weighted by Crippen LogP contribution is 2.29. The lowest BCUT2D eigenvalue weighted by molar-refractivity contribution is -0.135. The minimum Gasteiger partial charge on any atom is -0.348 e. The Labute approximate surface area is 172 Å². The van der Waals surface area contributed by atoms with Gasteiger partial charge < -0.3 is 10.6 Å². The van der Waals surface area contributed by atoms with Gasteiger partial charge in [-0.1, -0.05) is 57.9 Å². The van der Waals surface area contributed by atoms with Crippen LogP contribution in [0.1, 0.15) is 36.6 Å². The van der Waals surface area contributed by atoms with E-state index in [0.717, 1.165) is 20.5 Å². The number of benzene rings is 2. The third kappa shape index (κ3) is 3.94. The first kappa shape index (κ1) is 20.1. The summed E-state index contributed by atoms with van der Waals surface area (Å²) in [7, 11) is 0. The molecule has 1 aliphatic rings. The second-order valence-electron chi connectivity index (χ2n) is 7.15. The summed E-state index contributed by atoms with van der Waals surface area (Å²) >= 11 is 3.37. The zero-order chi connectivity index (χ0) is 20.5. The van der Waals surface area contributed by atoms with Gasteiger partial charge in [0.05, 0.1) is 6.04 Å². The number of nitrogens with zero attached hydrogens (tertiary/aromatic N) is 1. The predicted octanol–water partition coefficient (Wildman–Crippen LogP) is 3.40. The average molecular weight is 444 g/mol. The molecule has 0 bridgehead atoms. The topological polar surface area (TPSA) is 78.5 Å². The molecule has 1 heterocycles. The largest absolute Gasteiger partial charge is 0.348 e. The molecule has 2 N–H and O–H groups in total. The van der Waals surface area contributed by atoms with Gasteiger partial charge in [0.1, 0.15) is 12.1 Å². The summed E-state index contributed by atoms with van der Waals surface area (Å²) in [6, 6.07) is 14.2. The minimum absolute atomic E-state index is 0.246. The number of urea groups is 1. The van der Waals surface area contributed by atoms with Crippen molar-refractivity contribution in [3.63, 3.8) is 0 Å². The molecule has 0 aromatic heterocycles. The molecule has 7 heteroatoms. The molecule has 2 atom stereocenters. The van der Waals surface area contributed by atoms with Crippen LogP contribution in [0.3, 0.4) is 0 Å². The monoisotopic (exact) mass is 443 g/mol. The SMILES string of the molecule is Cc1ccc([C@@]2(C)NC(=O)N(CC(=O)N[C@@H](C)c3ccc(Br)cc3)C2=O)cc1. The second kappa shape index (κ2) is 7.75. The van der Waals surface area contributed by atoms with Crippen molar-refractivity contribution in [3.8, 4) is 0 Å². The van der Waals surface area contributed by atoms with Gasteiger partial charge in [0.15, 0.2) is 0 Å². The number of amides is 4. The number of imide groups is 1. The molecule has 4 amide bonds. The van der Waals surface area contributed by atoms with Crippen molar-refractivity contribution in [2.24, 2.45) is 0 Å². The van der Waals surface area contributed by atoms with E-state index in [9.17, 15) is 14.4 Å². The fourth-order valence-electron chi connectivity index (χ4n) is 3.19. The second-order valence-corrected chi connectivity index (χ2v) is 8.07. The number of rotatable bonds is 5. The third-order valence-electron chi connectivity index (χ3n) is 4.95. The van der Waals surface area contributed by atoms with E-state index in [2.05, 4.69) is 26.6 Å². The highest BCUT2D eigenvalue weighted by molar-refractivity contribution is 9.10. The van der Waals surface area contributed by atoms with Crippen molar-refractivity contribution in [1.82, 2.24) is 15.5 Å². The normalized spacial score (nSPS) is 20.1. The Kier molecular flexibility index (Phi) is 5.56. The molecular weight excluding hydrogens is 422 g/mol. The van der Waals surface area contributed by atoms with Crippen LogP contribution in [0.5, 0.6) is 0 Å². The van der Waals surface area contributed by atoms with E-state index in [1.165, 1.54) is 0 Å². The average Bonchev–Trinajstić information content (AvgIpc) is 2.86. The Morgan fingerprint density at radius 1 is 1.14 bits per heavy atom. The van der Waals surface area contributed by atoms with Gasteiger partial charge in [-0.05, 0) is 44.0 Å². The van der Waals surface area contributed by atoms with E-state index in [1.54, 1.807) is 6.92 Å². The molecule has 1 fully saturated rings. The molecule has 28 heavy (non-hydrogen) atoms. The lowest BCUT2D eigenvalue weighted by Gasteiger charge is -2.22. The Balaban J connectivity index is 1.69. The minimum atomic E-state index is -1.18. The first-order valence-electron chi connectivity index (χ1n) is 8.97. The molecular formula is C21H22BrN3O3. The molecule has 0 radical (unpaired) electrons. The van der Waals surface area contributed by atoms with E-state index in [4.69, 9.17) is 0 Å². The van der Waals surface area contributed by atoms with Crippen molar-refractivity contribution in [2.75, 3.05) is 6.54 Å². The molecule has 146 valence electrons. The van der Waals surface area contributed by atoms with Gasteiger partial charge in [0.2, 0.25) is 5.91 Å². The first-order chi connectivity index (χ1) is 13.2. The number of halogens is 1. The highest BCUT2D eigenvalue weighted by Gasteiger charge is 2.49. The molecule has 1 aliphatic heterocycles. The molecule has 1 saturated heterocycles. The summed E-state index contributed by atoms with van der Waals surface area (Å²) in [6.07, 6.45) is 0. The summed E-state index contributed by atoms with van der Waals surface area (Å²) in [5.41, 5.74) is 1.49. The van der Waals surface area contributed by atoms with Crippen molar-refractivity contribution < 1.29 is 14.4 Å². The van der Waals surface area contributed by atoms with Gasteiger partial charge in [-0.15, -0.1) is 0 Å². The molecule has 0 unspecified atom stereocenters. The number of carbonyl (C=O) groups excluding carboxylic acids is 3. The summed E-state index contributed by atoms with van der Waals surface area (Å²) < 4.78 is 0.949. The van der Waals surface area contributed by atoms with Gasteiger partial charge in [0, 0.05) is 4.47 Å². The highest BCUT2D eigenvalue weighted by atomic mass is 79.9. The summed E-state index contributed by atoms with van der Waals surface area (Å²) in [5.74, 6) is -0.833. The quantitative estimate of drug-likeness (QED) is 0.694. The number of carbonyl (C=O) groups is 3. The first-order valence-corrected chi connectivity index (χ1v) is 9.76. The number of nitrogens with one attached hydrogen (secondary N) is 2.